The van der Waals surface area contributed by atoms with Crippen LogP contribution < -0.4 is 0 Å². The molecule has 16 heavy (non-hydrogen) atoms. The van der Waals surface area contributed by atoms with Crippen molar-refractivity contribution in [2.45, 2.75) is 59.3 Å². The van der Waals surface area contributed by atoms with Crippen LogP contribution in [-0.4, -0.2) is 23.9 Å². The molecule has 0 unspecified atom stereocenters. The van der Waals surface area contributed by atoms with E-state index in [0.717, 1.165) is 44.2 Å². The van der Waals surface area contributed by atoms with E-state index in [-0.39, 0.29) is 0 Å². The molecule has 1 rings (SSSR count). The van der Waals surface area contributed by atoms with Gasteiger partial charge in [-0.05, 0) is 37.5 Å². The van der Waals surface area contributed by atoms with Gasteiger partial charge in [0.1, 0.15) is 0 Å². The lowest BCUT2D eigenvalue weighted by Crippen LogP contribution is -2.38. The van der Waals surface area contributed by atoms with Gasteiger partial charge >= 0.3 is 0 Å². The summed E-state index contributed by atoms with van der Waals surface area (Å²) in [7, 11) is 0. The van der Waals surface area contributed by atoms with E-state index < -0.39 is 0 Å². The van der Waals surface area contributed by atoms with Crippen molar-refractivity contribution in [1.29, 1.82) is 0 Å². The predicted octanol–water partition coefficient (Wildman–Crippen LogP) is 3.46. The van der Waals surface area contributed by atoms with Gasteiger partial charge in [0, 0.05) is 19.5 Å². The van der Waals surface area contributed by atoms with Gasteiger partial charge in [0.2, 0.25) is 5.91 Å². The van der Waals surface area contributed by atoms with Crippen LogP contribution in [0.1, 0.15) is 59.3 Å². The number of amides is 1. The third-order valence-electron chi connectivity index (χ3n) is 3.52. The Balaban J connectivity index is 2.23. The van der Waals surface area contributed by atoms with Gasteiger partial charge in [0.05, 0.1) is 0 Å². The molecule has 0 aromatic carbocycles. The van der Waals surface area contributed by atoms with E-state index in [4.69, 9.17) is 0 Å². The highest BCUT2D eigenvalue weighted by molar-refractivity contribution is 5.76. The molecule has 1 fully saturated rings. The third kappa shape index (κ3) is 4.54. The number of hydrogen-bond acceptors (Lipinski definition) is 1. The summed E-state index contributed by atoms with van der Waals surface area (Å²) in [5, 5.41) is 0. The molecule has 2 heteroatoms. The Kier molecular flexibility index (Phi) is 5.86. The van der Waals surface area contributed by atoms with Gasteiger partial charge in [-0.25, -0.2) is 0 Å². The Morgan fingerprint density at radius 1 is 1.31 bits per heavy atom. The SMILES string of the molecule is CCCCC(=O)N1CCC(CC(C)C)CC1. The first-order chi connectivity index (χ1) is 7.63. The van der Waals surface area contributed by atoms with E-state index in [9.17, 15) is 4.79 Å². The first-order valence-corrected chi connectivity index (χ1v) is 6.91. The monoisotopic (exact) mass is 225 g/mol. The van der Waals surface area contributed by atoms with Gasteiger partial charge < -0.3 is 4.90 Å². The Labute approximate surface area is 100 Å². The zero-order valence-electron chi connectivity index (χ0n) is 11.2. The largest absolute Gasteiger partial charge is 0.343 e. The van der Waals surface area contributed by atoms with E-state index in [2.05, 4.69) is 25.7 Å². The van der Waals surface area contributed by atoms with Crippen LogP contribution in [0.4, 0.5) is 0 Å². The van der Waals surface area contributed by atoms with Crippen LogP contribution in [0.2, 0.25) is 0 Å². The predicted molar refractivity (Wildman–Crippen MR) is 68.3 cm³/mol. The minimum atomic E-state index is 0.379. The van der Waals surface area contributed by atoms with Crippen molar-refractivity contribution in [2.24, 2.45) is 11.8 Å². The van der Waals surface area contributed by atoms with Gasteiger partial charge in [-0.1, -0.05) is 27.2 Å². The van der Waals surface area contributed by atoms with Crippen molar-refractivity contribution in [3.05, 3.63) is 0 Å². The van der Waals surface area contributed by atoms with Crippen LogP contribution in [0, 0.1) is 11.8 Å². The topological polar surface area (TPSA) is 20.3 Å². The summed E-state index contributed by atoms with van der Waals surface area (Å²) >= 11 is 0. The number of nitrogens with zero attached hydrogens (tertiary/aromatic N) is 1. The lowest BCUT2D eigenvalue weighted by molar-refractivity contribution is -0.132. The van der Waals surface area contributed by atoms with Crippen LogP contribution >= 0.6 is 0 Å². The molecule has 2 nitrogen and oxygen atoms in total. The van der Waals surface area contributed by atoms with Gasteiger partial charge in [-0.15, -0.1) is 0 Å². The van der Waals surface area contributed by atoms with E-state index in [1.807, 2.05) is 0 Å². The lowest BCUT2D eigenvalue weighted by atomic mass is 9.88. The van der Waals surface area contributed by atoms with Crippen molar-refractivity contribution >= 4 is 5.91 Å². The first kappa shape index (κ1) is 13.5. The standard InChI is InChI=1S/C14H27NO/c1-4-5-6-14(16)15-9-7-13(8-10-15)11-12(2)3/h12-13H,4-11H2,1-3H3. The number of carbonyl (C=O) groups is 1. The zero-order valence-corrected chi connectivity index (χ0v) is 11.2. The molecule has 94 valence electrons. The molecule has 0 saturated carbocycles. The molecule has 1 aliphatic rings. The summed E-state index contributed by atoms with van der Waals surface area (Å²) in [6, 6.07) is 0. The molecule has 0 N–H and O–H groups in total. The van der Waals surface area contributed by atoms with Crippen LogP contribution in [0.15, 0.2) is 0 Å². The number of likely N-dealkylation sites (tertiary alicyclic amines) is 1. The third-order valence-corrected chi connectivity index (χ3v) is 3.52. The van der Waals surface area contributed by atoms with Crippen molar-refractivity contribution in [2.75, 3.05) is 13.1 Å². The molecular formula is C14H27NO. The number of piperidine rings is 1. The minimum Gasteiger partial charge on any atom is -0.343 e. The quantitative estimate of drug-likeness (QED) is 0.701. The molecule has 0 aromatic rings. The molecule has 0 aliphatic carbocycles. The van der Waals surface area contributed by atoms with Crippen molar-refractivity contribution in [3.63, 3.8) is 0 Å². The fourth-order valence-electron chi connectivity index (χ4n) is 2.57. The normalized spacial score (nSPS) is 18.1. The molecule has 1 aliphatic heterocycles. The molecule has 0 spiro atoms. The van der Waals surface area contributed by atoms with E-state index in [1.165, 1.54) is 19.3 Å². The number of carbonyl (C=O) groups excluding carboxylic acids is 1. The van der Waals surface area contributed by atoms with Gasteiger partial charge in [-0.3, -0.25) is 4.79 Å². The van der Waals surface area contributed by atoms with E-state index >= 15 is 0 Å². The van der Waals surface area contributed by atoms with E-state index in [1.54, 1.807) is 0 Å². The van der Waals surface area contributed by atoms with Crippen LogP contribution in [0.25, 0.3) is 0 Å². The summed E-state index contributed by atoms with van der Waals surface area (Å²) in [6.45, 7) is 8.72. The van der Waals surface area contributed by atoms with Gasteiger partial charge in [-0.2, -0.15) is 0 Å². The van der Waals surface area contributed by atoms with Crippen LogP contribution in [0.5, 0.6) is 0 Å². The molecule has 0 aromatic heterocycles. The zero-order chi connectivity index (χ0) is 12.0. The Morgan fingerprint density at radius 3 is 2.44 bits per heavy atom. The fourth-order valence-corrected chi connectivity index (χ4v) is 2.57. The number of rotatable bonds is 5. The maximum absolute atomic E-state index is 11.8. The highest BCUT2D eigenvalue weighted by Gasteiger charge is 2.22. The smallest absolute Gasteiger partial charge is 0.222 e. The highest BCUT2D eigenvalue weighted by atomic mass is 16.2. The molecule has 0 radical (unpaired) electrons. The average Bonchev–Trinajstić information content (AvgIpc) is 2.26. The van der Waals surface area contributed by atoms with Crippen LogP contribution in [-0.2, 0) is 4.79 Å². The Hall–Kier alpha value is -0.530. The maximum Gasteiger partial charge on any atom is 0.222 e. The molecular weight excluding hydrogens is 198 g/mol. The van der Waals surface area contributed by atoms with Gasteiger partial charge in [0.25, 0.3) is 0 Å². The summed E-state index contributed by atoms with van der Waals surface area (Å²) in [5.74, 6) is 2.03. The average molecular weight is 225 g/mol. The fraction of sp³-hybridized carbons (Fsp3) is 0.929. The van der Waals surface area contributed by atoms with Crippen LogP contribution in [0.3, 0.4) is 0 Å². The molecule has 1 amide bonds. The Morgan fingerprint density at radius 2 is 1.94 bits per heavy atom. The summed E-state index contributed by atoms with van der Waals surface area (Å²) in [4.78, 5) is 13.9. The maximum atomic E-state index is 11.8. The number of unbranched alkanes of at least 4 members (excludes halogenated alkanes) is 1. The molecule has 0 atom stereocenters. The molecule has 0 bridgehead atoms. The number of hydrogen-bond donors (Lipinski definition) is 0. The van der Waals surface area contributed by atoms with Crippen molar-refractivity contribution < 1.29 is 4.79 Å². The second-order valence-electron chi connectivity index (χ2n) is 5.56. The van der Waals surface area contributed by atoms with Gasteiger partial charge in [0.15, 0.2) is 0 Å². The second-order valence-corrected chi connectivity index (χ2v) is 5.56. The highest BCUT2D eigenvalue weighted by Crippen LogP contribution is 2.24. The lowest BCUT2D eigenvalue weighted by Gasteiger charge is -2.32. The first-order valence-electron chi connectivity index (χ1n) is 6.91. The van der Waals surface area contributed by atoms with Crippen molar-refractivity contribution in [3.8, 4) is 0 Å². The summed E-state index contributed by atoms with van der Waals surface area (Å²) in [5.41, 5.74) is 0. The summed E-state index contributed by atoms with van der Waals surface area (Å²) in [6.07, 6.45) is 6.69. The molecule has 1 saturated heterocycles. The summed E-state index contributed by atoms with van der Waals surface area (Å²) < 4.78 is 0. The Bertz CT molecular complexity index is 205. The second kappa shape index (κ2) is 6.93. The van der Waals surface area contributed by atoms with Crippen molar-refractivity contribution in [1.82, 2.24) is 4.90 Å². The minimum absolute atomic E-state index is 0.379. The molecule has 1 heterocycles. The van der Waals surface area contributed by atoms with E-state index in [0.29, 0.717) is 5.91 Å².